The molecule has 1 heterocycles. The average Bonchev–Trinajstić information content (AvgIpc) is 2.75. The van der Waals surface area contributed by atoms with Gasteiger partial charge in [0.05, 0.1) is 18.1 Å². The van der Waals surface area contributed by atoms with E-state index in [1.807, 2.05) is 0 Å². The molecule has 5 heteroatoms. The summed E-state index contributed by atoms with van der Waals surface area (Å²) < 4.78 is 4.91. The lowest BCUT2D eigenvalue weighted by molar-refractivity contribution is 0.0521. The van der Waals surface area contributed by atoms with Gasteiger partial charge in [-0.2, -0.15) is 0 Å². The highest BCUT2D eigenvalue weighted by atomic mass is 16.5. The summed E-state index contributed by atoms with van der Waals surface area (Å²) in [5.74, 6) is 0.136. The second kappa shape index (κ2) is 6.73. The summed E-state index contributed by atoms with van der Waals surface area (Å²) >= 11 is 0. The number of ether oxygens (including phenoxy) is 1. The maximum Gasteiger partial charge on any atom is 0.356 e. The Morgan fingerprint density at radius 2 is 2.29 bits per heavy atom. The van der Waals surface area contributed by atoms with Crippen LogP contribution in [0.1, 0.15) is 43.6 Å². The normalized spacial score (nSPS) is 11.5. The van der Waals surface area contributed by atoms with Crippen LogP contribution >= 0.6 is 0 Å². The molecular formula is C12H19N3O2. The van der Waals surface area contributed by atoms with Crippen molar-refractivity contribution in [2.75, 3.05) is 6.61 Å². The zero-order valence-electron chi connectivity index (χ0n) is 10.3. The summed E-state index contributed by atoms with van der Waals surface area (Å²) in [5.41, 5.74) is 6.67. The van der Waals surface area contributed by atoms with Crippen LogP contribution in [0.15, 0.2) is 17.3 Å². The Bertz CT molecular complexity index is 396. The number of nitrogens with one attached hydrogen (secondary N) is 1. The van der Waals surface area contributed by atoms with Gasteiger partial charge >= 0.3 is 5.97 Å². The number of hydrogen-bond acceptors (Lipinski definition) is 3. The van der Waals surface area contributed by atoms with Crippen LogP contribution < -0.4 is 5.73 Å². The second-order valence-corrected chi connectivity index (χ2v) is 3.67. The van der Waals surface area contributed by atoms with Gasteiger partial charge in [0.1, 0.15) is 0 Å². The number of nitrogens with zero attached hydrogens (tertiary/aromatic N) is 1. The number of amidine groups is 1. The largest absolute Gasteiger partial charge is 0.461 e. The van der Waals surface area contributed by atoms with E-state index in [9.17, 15) is 4.79 Å². The molecule has 0 saturated heterocycles. The average molecular weight is 237 g/mol. The van der Waals surface area contributed by atoms with Crippen LogP contribution in [0.3, 0.4) is 0 Å². The molecule has 0 unspecified atom stereocenters. The Morgan fingerprint density at radius 3 is 2.94 bits per heavy atom. The molecule has 0 fully saturated rings. The third-order valence-electron chi connectivity index (χ3n) is 2.26. The van der Waals surface area contributed by atoms with Gasteiger partial charge < -0.3 is 15.5 Å². The number of nitrogens with two attached hydrogens (primary N) is 1. The Morgan fingerprint density at radius 1 is 1.53 bits per heavy atom. The molecule has 5 nitrogen and oxygen atoms in total. The van der Waals surface area contributed by atoms with E-state index in [0.717, 1.165) is 19.3 Å². The molecule has 0 saturated carbocycles. The summed E-state index contributed by atoms with van der Waals surface area (Å²) in [6.45, 7) is 4.19. The number of aromatic nitrogens is 1. The number of H-pyrrole nitrogens is 1. The lowest BCUT2D eigenvalue weighted by Gasteiger charge is -2.02. The van der Waals surface area contributed by atoms with E-state index in [1.165, 1.54) is 0 Å². The van der Waals surface area contributed by atoms with Crippen molar-refractivity contribution in [1.82, 2.24) is 4.98 Å². The molecule has 3 N–H and O–H groups in total. The molecule has 0 aromatic carbocycles. The van der Waals surface area contributed by atoms with Crippen LogP contribution in [-0.2, 0) is 4.74 Å². The third-order valence-corrected chi connectivity index (χ3v) is 2.26. The highest BCUT2D eigenvalue weighted by Gasteiger charge is 2.13. The van der Waals surface area contributed by atoms with E-state index >= 15 is 0 Å². The zero-order valence-corrected chi connectivity index (χ0v) is 10.3. The predicted octanol–water partition coefficient (Wildman–Crippen LogP) is 2.37. The summed E-state index contributed by atoms with van der Waals surface area (Å²) in [5, 5.41) is 0. The number of carbonyl (C=O) groups excluding carboxylic acids is 1. The molecule has 0 aliphatic rings. The Hall–Kier alpha value is -1.78. The van der Waals surface area contributed by atoms with Crippen LogP contribution in [0.5, 0.6) is 0 Å². The minimum atomic E-state index is -0.403. The first-order valence-corrected chi connectivity index (χ1v) is 5.86. The van der Waals surface area contributed by atoms with Crippen molar-refractivity contribution in [3.8, 4) is 0 Å². The number of rotatable bonds is 6. The number of hydrogen-bond donors (Lipinski definition) is 2. The van der Waals surface area contributed by atoms with E-state index in [0.29, 0.717) is 23.8 Å². The first kappa shape index (κ1) is 13.3. The van der Waals surface area contributed by atoms with E-state index in [2.05, 4.69) is 16.9 Å². The molecule has 0 spiro atoms. The number of aliphatic imine (C=N–C) groups is 1. The van der Waals surface area contributed by atoms with Gasteiger partial charge in [0.2, 0.25) is 0 Å². The van der Waals surface area contributed by atoms with Crippen molar-refractivity contribution in [3.63, 3.8) is 0 Å². The Balaban J connectivity index is 2.78. The van der Waals surface area contributed by atoms with Crippen molar-refractivity contribution in [3.05, 3.63) is 18.0 Å². The monoisotopic (exact) mass is 237 g/mol. The molecule has 1 rings (SSSR count). The molecule has 0 atom stereocenters. The van der Waals surface area contributed by atoms with Crippen LogP contribution in [0, 0.1) is 0 Å². The molecule has 1 aromatic heterocycles. The Labute approximate surface area is 101 Å². The SMILES string of the molecule is CCCCC(N)=Nc1cc[nH]c1C(=O)OCC. The molecule has 0 amide bonds. The van der Waals surface area contributed by atoms with Gasteiger partial charge in [0.15, 0.2) is 5.69 Å². The minimum Gasteiger partial charge on any atom is -0.461 e. The fourth-order valence-electron chi connectivity index (χ4n) is 1.39. The summed E-state index contributed by atoms with van der Waals surface area (Å²) in [6.07, 6.45) is 4.45. The van der Waals surface area contributed by atoms with Crippen LogP contribution in [-0.4, -0.2) is 23.4 Å². The number of unbranched alkanes of at least 4 members (excludes halogenated alkanes) is 1. The lowest BCUT2D eigenvalue weighted by Crippen LogP contribution is -2.11. The maximum atomic E-state index is 11.6. The van der Waals surface area contributed by atoms with Gasteiger partial charge in [0.25, 0.3) is 0 Å². The standard InChI is InChI=1S/C12H19N3O2/c1-3-5-6-10(13)15-9-7-8-14-11(9)12(16)17-4-2/h7-8,14H,3-6H2,1-2H3,(H2,13,15). The van der Waals surface area contributed by atoms with Gasteiger partial charge in [-0.05, 0) is 19.4 Å². The molecule has 0 bridgehead atoms. The molecular weight excluding hydrogens is 218 g/mol. The summed E-state index contributed by atoms with van der Waals surface area (Å²) in [6, 6.07) is 1.71. The fourth-order valence-corrected chi connectivity index (χ4v) is 1.39. The number of esters is 1. The van der Waals surface area contributed by atoms with Crippen molar-refractivity contribution >= 4 is 17.5 Å². The van der Waals surface area contributed by atoms with Gasteiger partial charge in [-0.1, -0.05) is 13.3 Å². The summed E-state index contributed by atoms with van der Waals surface area (Å²) in [7, 11) is 0. The molecule has 94 valence electrons. The van der Waals surface area contributed by atoms with Gasteiger partial charge in [-0.3, -0.25) is 0 Å². The van der Waals surface area contributed by atoms with Crippen LogP contribution in [0.4, 0.5) is 5.69 Å². The quantitative estimate of drug-likeness (QED) is 0.453. The first-order chi connectivity index (χ1) is 8.19. The fraction of sp³-hybridized carbons (Fsp3) is 0.500. The van der Waals surface area contributed by atoms with E-state index < -0.39 is 5.97 Å². The molecule has 0 radical (unpaired) electrons. The molecule has 1 aromatic rings. The van der Waals surface area contributed by atoms with E-state index in [-0.39, 0.29) is 0 Å². The van der Waals surface area contributed by atoms with Crippen molar-refractivity contribution in [2.24, 2.45) is 10.7 Å². The first-order valence-electron chi connectivity index (χ1n) is 5.86. The highest BCUT2D eigenvalue weighted by molar-refractivity contribution is 5.95. The highest BCUT2D eigenvalue weighted by Crippen LogP contribution is 2.18. The zero-order chi connectivity index (χ0) is 12.7. The van der Waals surface area contributed by atoms with Crippen molar-refractivity contribution in [2.45, 2.75) is 33.1 Å². The topological polar surface area (TPSA) is 80.5 Å². The lowest BCUT2D eigenvalue weighted by atomic mass is 10.2. The number of aromatic amines is 1. The Kier molecular flexibility index (Phi) is 5.26. The predicted molar refractivity (Wildman–Crippen MR) is 67.6 cm³/mol. The second-order valence-electron chi connectivity index (χ2n) is 3.67. The minimum absolute atomic E-state index is 0.340. The molecule has 0 aliphatic heterocycles. The van der Waals surface area contributed by atoms with Gasteiger partial charge in [-0.15, -0.1) is 0 Å². The number of carbonyl (C=O) groups is 1. The molecule has 17 heavy (non-hydrogen) atoms. The van der Waals surface area contributed by atoms with E-state index in [4.69, 9.17) is 10.5 Å². The molecule has 0 aliphatic carbocycles. The smallest absolute Gasteiger partial charge is 0.356 e. The van der Waals surface area contributed by atoms with Crippen molar-refractivity contribution < 1.29 is 9.53 Å². The van der Waals surface area contributed by atoms with Crippen LogP contribution in [0.2, 0.25) is 0 Å². The van der Waals surface area contributed by atoms with Gasteiger partial charge in [0, 0.05) is 12.6 Å². The van der Waals surface area contributed by atoms with Crippen molar-refractivity contribution in [1.29, 1.82) is 0 Å². The van der Waals surface area contributed by atoms with Gasteiger partial charge in [-0.25, -0.2) is 9.79 Å². The third kappa shape index (κ3) is 3.94. The van der Waals surface area contributed by atoms with Crippen LogP contribution in [0.25, 0.3) is 0 Å². The van der Waals surface area contributed by atoms with E-state index in [1.54, 1.807) is 19.2 Å². The summed E-state index contributed by atoms with van der Waals surface area (Å²) in [4.78, 5) is 18.6. The maximum absolute atomic E-state index is 11.6.